The molecule has 1 saturated heterocycles. The van der Waals surface area contributed by atoms with E-state index in [2.05, 4.69) is 10.6 Å². The lowest BCUT2D eigenvalue weighted by Crippen LogP contribution is -2.31. The fourth-order valence-corrected chi connectivity index (χ4v) is 2.29. The lowest BCUT2D eigenvalue weighted by molar-refractivity contribution is -0.120. The Hall–Kier alpha value is -1.49. The highest BCUT2D eigenvalue weighted by atomic mass is 19.1. The van der Waals surface area contributed by atoms with E-state index in [4.69, 9.17) is 0 Å². The second-order valence-corrected chi connectivity index (χ2v) is 4.84. The molecule has 2 rings (SSSR count). The summed E-state index contributed by atoms with van der Waals surface area (Å²) in [7, 11) is 0. The Bertz CT molecular complexity index is 445. The molecule has 1 aromatic rings. The fraction of sp³-hybridized carbons (Fsp3) is 0.500. The van der Waals surface area contributed by atoms with E-state index >= 15 is 0 Å². The topological polar surface area (TPSA) is 41.1 Å². The van der Waals surface area contributed by atoms with Crippen LogP contribution in [0.5, 0.6) is 0 Å². The van der Waals surface area contributed by atoms with Crippen molar-refractivity contribution in [2.75, 3.05) is 13.1 Å². The van der Waals surface area contributed by atoms with Gasteiger partial charge in [-0.2, -0.15) is 0 Å². The van der Waals surface area contributed by atoms with E-state index in [1.165, 1.54) is 12.5 Å². The summed E-state index contributed by atoms with van der Waals surface area (Å²) in [4.78, 5) is 11.6. The highest BCUT2D eigenvalue weighted by molar-refractivity contribution is 5.78. The van der Waals surface area contributed by atoms with Crippen LogP contribution in [0.3, 0.4) is 0 Å². The van der Waals surface area contributed by atoms with Crippen molar-refractivity contribution in [2.45, 2.75) is 31.7 Å². The lowest BCUT2D eigenvalue weighted by Gasteiger charge is -2.11. The number of hydrogen-bond donors (Lipinski definition) is 2. The summed E-state index contributed by atoms with van der Waals surface area (Å²) >= 11 is 0. The van der Waals surface area contributed by atoms with Gasteiger partial charge in [0, 0.05) is 18.7 Å². The summed E-state index contributed by atoms with van der Waals surface area (Å²) in [5.41, 5.74) is 0.220. The van der Waals surface area contributed by atoms with Crippen molar-refractivity contribution in [2.24, 2.45) is 0 Å². The SMILES string of the molecule is O=C(Cc1ccc(F)cc1F)NCC[C@@H]1CCCN1. The number of amides is 1. The number of carbonyl (C=O) groups is 1. The molecule has 1 aliphatic heterocycles. The largest absolute Gasteiger partial charge is 0.356 e. The average molecular weight is 268 g/mol. The van der Waals surface area contributed by atoms with Crippen molar-refractivity contribution in [3.05, 3.63) is 35.4 Å². The van der Waals surface area contributed by atoms with Gasteiger partial charge in [-0.25, -0.2) is 8.78 Å². The number of hydrogen-bond acceptors (Lipinski definition) is 2. The van der Waals surface area contributed by atoms with Gasteiger partial charge in [0.25, 0.3) is 0 Å². The third-order valence-corrected chi connectivity index (χ3v) is 3.34. The first-order valence-electron chi connectivity index (χ1n) is 6.59. The van der Waals surface area contributed by atoms with Crippen LogP contribution in [-0.4, -0.2) is 25.0 Å². The molecule has 1 heterocycles. The summed E-state index contributed by atoms with van der Waals surface area (Å²) in [6, 6.07) is 3.74. The van der Waals surface area contributed by atoms with E-state index in [0.29, 0.717) is 12.6 Å². The number of nitrogens with one attached hydrogen (secondary N) is 2. The van der Waals surface area contributed by atoms with Gasteiger partial charge in [-0.05, 0) is 37.4 Å². The molecule has 1 aromatic carbocycles. The highest BCUT2D eigenvalue weighted by Gasteiger charge is 2.14. The Balaban J connectivity index is 1.74. The summed E-state index contributed by atoms with van der Waals surface area (Å²) in [5.74, 6) is -1.54. The zero-order valence-corrected chi connectivity index (χ0v) is 10.7. The van der Waals surface area contributed by atoms with Gasteiger partial charge in [0.1, 0.15) is 11.6 Å². The molecule has 0 bridgehead atoms. The van der Waals surface area contributed by atoms with Crippen LogP contribution in [-0.2, 0) is 11.2 Å². The van der Waals surface area contributed by atoms with Crippen LogP contribution in [0.15, 0.2) is 18.2 Å². The summed E-state index contributed by atoms with van der Waals surface area (Å²) < 4.78 is 26.1. The van der Waals surface area contributed by atoms with E-state index in [1.54, 1.807) is 0 Å². The molecular weight excluding hydrogens is 250 g/mol. The minimum atomic E-state index is -0.674. The van der Waals surface area contributed by atoms with Gasteiger partial charge in [0.15, 0.2) is 0 Å². The van der Waals surface area contributed by atoms with Gasteiger partial charge in [-0.15, -0.1) is 0 Å². The zero-order valence-electron chi connectivity index (χ0n) is 10.7. The molecular formula is C14H18F2N2O. The Morgan fingerprint density at radius 3 is 2.95 bits per heavy atom. The molecule has 104 valence electrons. The molecule has 0 radical (unpaired) electrons. The molecule has 19 heavy (non-hydrogen) atoms. The van der Waals surface area contributed by atoms with E-state index in [9.17, 15) is 13.6 Å². The Kier molecular flexibility index (Phi) is 4.85. The molecule has 5 heteroatoms. The zero-order chi connectivity index (χ0) is 13.7. The van der Waals surface area contributed by atoms with Crippen molar-refractivity contribution >= 4 is 5.91 Å². The molecule has 1 atom stereocenters. The van der Waals surface area contributed by atoms with Crippen LogP contribution in [0.25, 0.3) is 0 Å². The average Bonchev–Trinajstić information content (AvgIpc) is 2.86. The fourth-order valence-electron chi connectivity index (χ4n) is 2.29. The maximum Gasteiger partial charge on any atom is 0.224 e. The highest BCUT2D eigenvalue weighted by Crippen LogP contribution is 2.10. The predicted octanol–water partition coefficient (Wildman–Crippen LogP) is 1.77. The molecule has 0 unspecified atom stereocenters. The molecule has 1 aliphatic rings. The first kappa shape index (κ1) is 13.9. The van der Waals surface area contributed by atoms with Crippen LogP contribution in [0.1, 0.15) is 24.8 Å². The monoisotopic (exact) mass is 268 g/mol. The molecule has 0 spiro atoms. The van der Waals surface area contributed by atoms with Gasteiger partial charge in [-0.1, -0.05) is 6.07 Å². The third-order valence-electron chi connectivity index (χ3n) is 3.34. The minimum Gasteiger partial charge on any atom is -0.356 e. The number of benzene rings is 1. The number of carbonyl (C=O) groups excluding carboxylic acids is 1. The molecule has 2 N–H and O–H groups in total. The number of rotatable bonds is 5. The van der Waals surface area contributed by atoms with Gasteiger partial charge in [-0.3, -0.25) is 4.79 Å². The van der Waals surface area contributed by atoms with Gasteiger partial charge >= 0.3 is 0 Å². The van der Waals surface area contributed by atoms with Crippen LogP contribution in [0.2, 0.25) is 0 Å². The summed E-state index contributed by atoms with van der Waals surface area (Å²) in [6.07, 6.45) is 3.16. The molecule has 1 amide bonds. The van der Waals surface area contributed by atoms with Crippen molar-refractivity contribution in [3.63, 3.8) is 0 Å². The minimum absolute atomic E-state index is 0.0514. The third kappa shape index (κ3) is 4.28. The smallest absolute Gasteiger partial charge is 0.224 e. The molecule has 0 aliphatic carbocycles. The van der Waals surface area contributed by atoms with Gasteiger partial charge < -0.3 is 10.6 Å². The number of halogens is 2. The summed E-state index contributed by atoms with van der Waals surface area (Å²) in [5, 5.41) is 6.10. The second-order valence-electron chi connectivity index (χ2n) is 4.84. The maximum absolute atomic E-state index is 13.3. The van der Waals surface area contributed by atoms with Crippen molar-refractivity contribution < 1.29 is 13.6 Å². The van der Waals surface area contributed by atoms with Gasteiger partial charge in [0.2, 0.25) is 5.91 Å². The lowest BCUT2D eigenvalue weighted by atomic mass is 10.1. The second kappa shape index (κ2) is 6.61. The van der Waals surface area contributed by atoms with Crippen molar-refractivity contribution in [3.8, 4) is 0 Å². The van der Waals surface area contributed by atoms with Crippen LogP contribution in [0.4, 0.5) is 8.78 Å². The van der Waals surface area contributed by atoms with Crippen LogP contribution in [0, 0.1) is 11.6 Å². The van der Waals surface area contributed by atoms with Crippen LogP contribution >= 0.6 is 0 Å². The van der Waals surface area contributed by atoms with Crippen molar-refractivity contribution in [1.82, 2.24) is 10.6 Å². The molecule has 0 saturated carbocycles. The molecule has 3 nitrogen and oxygen atoms in total. The Morgan fingerprint density at radius 1 is 1.42 bits per heavy atom. The normalized spacial score (nSPS) is 18.5. The van der Waals surface area contributed by atoms with Crippen molar-refractivity contribution in [1.29, 1.82) is 0 Å². The summed E-state index contributed by atoms with van der Waals surface area (Å²) in [6.45, 7) is 1.62. The van der Waals surface area contributed by atoms with E-state index in [-0.39, 0.29) is 17.9 Å². The van der Waals surface area contributed by atoms with E-state index in [0.717, 1.165) is 31.5 Å². The molecule has 0 aromatic heterocycles. The van der Waals surface area contributed by atoms with E-state index in [1.807, 2.05) is 0 Å². The first-order chi connectivity index (χ1) is 9.15. The standard InChI is InChI=1S/C14H18F2N2O/c15-11-4-3-10(13(16)9-11)8-14(19)18-7-5-12-2-1-6-17-12/h3-4,9,12,17H,1-2,5-8H2,(H,18,19)/t12-/m0/s1. The Labute approximate surface area is 111 Å². The quantitative estimate of drug-likeness (QED) is 0.854. The Morgan fingerprint density at radius 2 is 2.26 bits per heavy atom. The van der Waals surface area contributed by atoms with Crippen LogP contribution < -0.4 is 10.6 Å². The predicted molar refractivity (Wildman–Crippen MR) is 68.7 cm³/mol. The van der Waals surface area contributed by atoms with Gasteiger partial charge in [0.05, 0.1) is 6.42 Å². The van der Waals surface area contributed by atoms with E-state index < -0.39 is 11.6 Å². The molecule has 1 fully saturated rings. The maximum atomic E-state index is 13.3. The first-order valence-corrected chi connectivity index (χ1v) is 6.59.